The molecule has 5 heteroatoms. The van der Waals surface area contributed by atoms with Gasteiger partial charge in [0.25, 0.3) is 0 Å². The molecule has 5 aliphatic rings. The minimum absolute atomic E-state index is 0.0984. The van der Waals surface area contributed by atoms with Gasteiger partial charge in [0.05, 0.1) is 26.1 Å². The summed E-state index contributed by atoms with van der Waals surface area (Å²) in [5, 5.41) is 0.115. The van der Waals surface area contributed by atoms with Gasteiger partial charge in [0.1, 0.15) is 0 Å². The van der Waals surface area contributed by atoms with E-state index < -0.39 is 0 Å². The van der Waals surface area contributed by atoms with Gasteiger partial charge in [-0.15, -0.1) is 11.8 Å². The first kappa shape index (κ1) is 15.8. The van der Waals surface area contributed by atoms with Crippen LogP contribution in [0.15, 0.2) is 0 Å². The van der Waals surface area contributed by atoms with Gasteiger partial charge in [-0.05, 0) is 55.8 Å². The number of carbonyl (C=O) groups is 2. The van der Waals surface area contributed by atoms with Crippen LogP contribution in [0, 0.1) is 35.5 Å². The first-order valence-corrected chi connectivity index (χ1v) is 9.72. The van der Waals surface area contributed by atoms with Gasteiger partial charge in [-0.2, -0.15) is 0 Å². The van der Waals surface area contributed by atoms with Crippen molar-refractivity contribution in [1.29, 1.82) is 0 Å². The van der Waals surface area contributed by atoms with E-state index >= 15 is 0 Å². The summed E-state index contributed by atoms with van der Waals surface area (Å²) in [6.07, 6.45) is 6.30. The second-order valence-corrected chi connectivity index (χ2v) is 9.72. The molecule has 0 amide bonds. The van der Waals surface area contributed by atoms with Crippen LogP contribution in [0.4, 0.5) is 0 Å². The average molecular weight is 338 g/mol. The van der Waals surface area contributed by atoms with Gasteiger partial charge >= 0.3 is 11.9 Å². The van der Waals surface area contributed by atoms with Crippen molar-refractivity contribution in [2.45, 2.75) is 49.0 Å². The third-order valence-corrected chi connectivity index (χ3v) is 9.08. The summed E-state index contributed by atoms with van der Waals surface area (Å²) in [6, 6.07) is 0. The second-order valence-electron chi connectivity index (χ2n) is 8.03. The lowest BCUT2D eigenvalue weighted by Crippen LogP contribution is -2.60. The molecule has 4 nitrogen and oxygen atoms in total. The summed E-state index contributed by atoms with van der Waals surface area (Å²) in [6.45, 7) is 2.09. The minimum Gasteiger partial charge on any atom is -0.469 e. The number of rotatable bonds is 2. The number of thioether (sulfide) groups is 1. The maximum Gasteiger partial charge on any atom is 0.311 e. The Morgan fingerprint density at radius 1 is 0.913 bits per heavy atom. The van der Waals surface area contributed by atoms with E-state index in [2.05, 4.69) is 6.92 Å². The number of ether oxygens (including phenoxy) is 2. The lowest BCUT2D eigenvalue weighted by Gasteiger charge is -2.61. The van der Waals surface area contributed by atoms with E-state index in [1.165, 1.54) is 46.3 Å². The molecular formula is C18H26O4S. The fourth-order valence-electron chi connectivity index (χ4n) is 6.56. The highest BCUT2D eigenvalue weighted by Gasteiger charge is 2.69. The molecule has 1 spiro atoms. The first-order chi connectivity index (χ1) is 11.0. The molecule has 1 heterocycles. The van der Waals surface area contributed by atoms with Crippen molar-refractivity contribution in [2.24, 2.45) is 35.5 Å². The quantitative estimate of drug-likeness (QED) is 0.725. The smallest absolute Gasteiger partial charge is 0.311 e. The van der Waals surface area contributed by atoms with E-state index in [9.17, 15) is 9.59 Å². The molecule has 0 radical (unpaired) electrons. The lowest BCUT2D eigenvalue weighted by molar-refractivity contribution is -0.163. The Hall–Kier alpha value is -0.710. The van der Waals surface area contributed by atoms with Gasteiger partial charge in [-0.3, -0.25) is 9.59 Å². The number of esters is 2. The maximum atomic E-state index is 12.7. The van der Waals surface area contributed by atoms with E-state index in [-0.39, 0.29) is 33.8 Å². The normalized spacial score (nSPS) is 50.3. The number of carbonyl (C=O) groups excluding carboxylic acids is 2. The fraction of sp³-hybridized carbons (Fsp3) is 0.889. The number of hydrogen-bond donors (Lipinski definition) is 0. The Kier molecular flexibility index (Phi) is 3.71. The molecule has 0 N–H and O–H groups in total. The van der Waals surface area contributed by atoms with Crippen molar-refractivity contribution in [3.05, 3.63) is 0 Å². The molecule has 0 aromatic heterocycles. The molecule has 1 aliphatic heterocycles. The average Bonchev–Trinajstić information content (AvgIpc) is 2.84. The van der Waals surface area contributed by atoms with Gasteiger partial charge < -0.3 is 9.47 Å². The van der Waals surface area contributed by atoms with Crippen LogP contribution in [0.25, 0.3) is 0 Å². The predicted molar refractivity (Wildman–Crippen MR) is 87.8 cm³/mol. The summed E-state index contributed by atoms with van der Waals surface area (Å²) < 4.78 is 10.1. The van der Waals surface area contributed by atoms with Crippen LogP contribution in [0.1, 0.15) is 39.0 Å². The van der Waals surface area contributed by atoms with Crippen LogP contribution < -0.4 is 0 Å². The zero-order valence-electron chi connectivity index (χ0n) is 14.1. The maximum absolute atomic E-state index is 12.7. The van der Waals surface area contributed by atoms with E-state index in [0.29, 0.717) is 11.8 Å². The molecule has 1 saturated heterocycles. The van der Waals surface area contributed by atoms with Crippen molar-refractivity contribution in [3.63, 3.8) is 0 Å². The molecule has 0 aromatic carbocycles. The van der Waals surface area contributed by atoms with Gasteiger partial charge in [-0.25, -0.2) is 0 Å². The standard InChI is InChI=1S/C18H26O4S/c1-9-14(16(19)21-2)15(17(20)22-3)18(23-9)12-5-10-4-11(7-12)8-13(18)6-10/h9-15H,4-8H2,1-3H3/t9-,10?,11?,12?,13?,14-,15+,18?/m1/s1. The highest BCUT2D eigenvalue weighted by atomic mass is 32.2. The largest absolute Gasteiger partial charge is 0.469 e. The van der Waals surface area contributed by atoms with Crippen LogP contribution in [-0.2, 0) is 19.1 Å². The predicted octanol–water partition coefficient (Wildman–Crippen LogP) is 2.90. The molecule has 3 atom stereocenters. The zero-order chi connectivity index (χ0) is 16.4. The van der Waals surface area contributed by atoms with E-state index in [0.717, 1.165) is 11.8 Å². The minimum atomic E-state index is -0.366. The highest BCUT2D eigenvalue weighted by molar-refractivity contribution is 8.01. The highest BCUT2D eigenvalue weighted by Crippen LogP contribution is 2.70. The van der Waals surface area contributed by atoms with Gasteiger partial charge in [0.15, 0.2) is 0 Å². The molecular weight excluding hydrogens is 312 g/mol. The molecule has 0 unspecified atom stereocenters. The Balaban J connectivity index is 1.77. The van der Waals surface area contributed by atoms with Crippen molar-refractivity contribution in [1.82, 2.24) is 0 Å². The zero-order valence-corrected chi connectivity index (χ0v) is 14.9. The Morgan fingerprint density at radius 2 is 1.43 bits per heavy atom. The van der Waals surface area contributed by atoms with Crippen molar-refractivity contribution >= 4 is 23.7 Å². The monoisotopic (exact) mass is 338 g/mol. The Morgan fingerprint density at radius 3 is 1.91 bits per heavy atom. The molecule has 23 heavy (non-hydrogen) atoms. The third kappa shape index (κ3) is 2.04. The van der Waals surface area contributed by atoms with E-state index in [1.807, 2.05) is 11.8 Å². The first-order valence-electron chi connectivity index (χ1n) is 8.84. The van der Waals surface area contributed by atoms with Crippen molar-refractivity contribution < 1.29 is 19.1 Å². The number of methoxy groups -OCH3 is 2. The SMILES string of the molecule is COC(=O)[C@H]1[C@@H](C(=O)OC)C2(S[C@@H]1C)C1CC3CC(C1)CC2C3. The van der Waals surface area contributed by atoms with E-state index in [1.54, 1.807) is 0 Å². The van der Waals surface area contributed by atoms with Crippen molar-refractivity contribution in [3.8, 4) is 0 Å². The van der Waals surface area contributed by atoms with Crippen LogP contribution in [0.2, 0.25) is 0 Å². The topological polar surface area (TPSA) is 52.6 Å². The summed E-state index contributed by atoms with van der Waals surface area (Å²) in [5.41, 5.74) is 0. The molecule has 5 rings (SSSR count). The van der Waals surface area contributed by atoms with Crippen LogP contribution in [-0.4, -0.2) is 36.2 Å². The summed E-state index contributed by atoms with van der Waals surface area (Å²) >= 11 is 1.91. The fourth-order valence-corrected chi connectivity index (χ4v) is 8.78. The summed E-state index contributed by atoms with van der Waals surface area (Å²) in [5.74, 6) is 1.65. The van der Waals surface area contributed by atoms with Crippen LogP contribution in [0.5, 0.6) is 0 Å². The molecule has 128 valence electrons. The second kappa shape index (κ2) is 5.40. The summed E-state index contributed by atoms with van der Waals surface area (Å²) in [7, 11) is 2.88. The van der Waals surface area contributed by atoms with Gasteiger partial charge in [0, 0.05) is 10.00 Å². The van der Waals surface area contributed by atoms with Crippen molar-refractivity contribution in [2.75, 3.05) is 14.2 Å². The van der Waals surface area contributed by atoms with Gasteiger partial charge in [0.2, 0.25) is 0 Å². The lowest BCUT2D eigenvalue weighted by atomic mass is 9.48. The Labute approximate surface area is 142 Å². The molecule has 4 saturated carbocycles. The van der Waals surface area contributed by atoms with Crippen LogP contribution >= 0.6 is 11.8 Å². The number of hydrogen-bond acceptors (Lipinski definition) is 5. The molecule has 4 aliphatic carbocycles. The van der Waals surface area contributed by atoms with Gasteiger partial charge in [-0.1, -0.05) is 6.92 Å². The molecule has 5 fully saturated rings. The van der Waals surface area contributed by atoms with Crippen LogP contribution in [0.3, 0.4) is 0 Å². The van der Waals surface area contributed by atoms with E-state index in [4.69, 9.17) is 9.47 Å². The molecule has 4 bridgehead atoms. The summed E-state index contributed by atoms with van der Waals surface area (Å²) in [4.78, 5) is 25.2. The third-order valence-electron chi connectivity index (χ3n) is 7.08. The molecule has 0 aromatic rings. The Bertz CT molecular complexity index is 503.